The van der Waals surface area contributed by atoms with Gasteiger partial charge in [-0.25, -0.2) is 0 Å². The van der Waals surface area contributed by atoms with E-state index in [2.05, 4.69) is 5.32 Å². The lowest BCUT2D eigenvalue weighted by molar-refractivity contribution is -0.138. The van der Waals surface area contributed by atoms with Crippen molar-refractivity contribution < 1.29 is 9.59 Å². The van der Waals surface area contributed by atoms with Crippen LogP contribution in [0.1, 0.15) is 43.7 Å². The summed E-state index contributed by atoms with van der Waals surface area (Å²) in [6.07, 6.45) is 4.29. The van der Waals surface area contributed by atoms with Crippen LogP contribution in [0.15, 0.2) is 48.5 Å². The zero-order valence-electron chi connectivity index (χ0n) is 17.7. The summed E-state index contributed by atoms with van der Waals surface area (Å²) in [5.41, 5.74) is 1.82. The SMILES string of the molecule is C[C@@H](C(=O)NC1CCCC1)N(Cc1ccccc1Cl)C(=O)CSCc1ccccc1Cl. The molecule has 2 amide bonds. The number of hydrogen-bond acceptors (Lipinski definition) is 3. The molecule has 1 aliphatic rings. The maximum absolute atomic E-state index is 13.2. The van der Waals surface area contributed by atoms with E-state index in [1.165, 1.54) is 11.8 Å². The average Bonchev–Trinajstić information content (AvgIpc) is 3.27. The van der Waals surface area contributed by atoms with Crippen LogP contribution in [0.25, 0.3) is 0 Å². The zero-order chi connectivity index (χ0) is 22.2. The Hall–Kier alpha value is -1.69. The van der Waals surface area contributed by atoms with Gasteiger partial charge in [0.15, 0.2) is 0 Å². The molecule has 1 fully saturated rings. The zero-order valence-corrected chi connectivity index (χ0v) is 20.0. The van der Waals surface area contributed by atoms with E-state index >= 15 is 0 Å². The van der Waals surface area contributed by atoms with Crippen molar-refractivity contribution in [3.05, 3.63) is 69.7 Å². The predicted molar refractivity (Wildman–Crippen MR) is 129 cm³/mol. The van der Waals surface area contributed by atoms with Gasteiger partial charge in [0.1, 0.15) is 6.04 Å². The summed E-state index contributed by atoms with van der Waals surface area (Å²) >= 11 is 14.1. The lowest BCUT2D eigenvalue weighted by atomic mass is 10.1. The summed E-state index contributed by atoms with van der Waals surface area (Å²) in [7, 11) is 0. The molecule has 1 aliphatic carbocycles. The van der Waals surface area contributed by atoms with E-state index < -0.39 is 6.04 Å². The summed E-state index contributed by atoms with van der Waals surface area (Å²) < 4.78 is 0. The monoisotopic (exact) mass is 478 g/mol. The van der Waals surface area contributed by atoms with Crippen molar-refractivity contribution in [2.75, 3.05) is 5.75 Å². The highest BCUT2D eigenvalue weighted by atomic mass is 35.5. The van der Waals surface area contributed by atoms with Gasteiger partial charge >= 0.3 is 0 Å². The van der Waals surface area contributed by atoms with Crippen LogP contribution in [0.4, 0.5) is 0 Å². The first kappa shape index (κ1) is 24.0. The average molecular weight is 479 g/mol. The molecule has 1 N–H and O–H groups in total. The standard InChI is InChI=1S/C24H28Cl2N2O2S/c1-17(24(30)27-20-10-4-5-11-20)28(14-18-8-2-6-12-21(18)25)23(29)16-31-15-19-9-3-7-13-22(19)26/h2-3,6-9,12-13,17,20H,4-5,10-11,14-16H2,1H3,(H,27,30)/t17-/m0/s1. The molecule has 0 saturated heterocycles. The van der Waals surface area contributed by atoms with Gasteiger partial charge in [0.05, 0.1) is 5.75 Å². The molecule has 0 aliphatic heterocycles. The number of carbonyl (C=O) groups is 2. The fraction of sp³-hybridized carbons (Fsp3) is 0.417. The lowest BCUT2D eigenvalue weighted by Gasteiger charge is -2.30. The maximum atomic E-state index is 13.2. The van der Waals surface area contributed by atoms with Crippen molar-refractivity contribution in [3.63, 3.8) is 0 Å². The third kappa shape index (κ3) is 6.90. The van der Waals surface area contributed by atoms with Gasteiger partial charge in [-0.3, -0.25) is 9.59 Å². The first-order chi connectivity index (χ1) is 15.0. The van der Waals surface area contributed by atoms with Crippen LogP contribution >= 0.6 is 35.0 Å². The number of carbonyl (C=O) groups excluding carboxylic acids is 2. The molecule has 0 unspecified atom stereocenters. The Labute approximate surface area is 198 Å². The second kappa shape index (κ2) is 11.8. The van der Waals surface area contributed by atoms with E-state index in [9.17, 15) is 9.59 Å². The van der Waals surface area contributed by atoms with E-state index in [0.717, 1.165) is 36.8 Å². The molecule has 0 bridgehead atoms. The molecule has 166 valence electrons. The van der Waals surface area contributed by atoms with Crippen LogP contribution in [0.3, 0.4) is 0 Å². The largest absolute Gasteiger partial charge is 0.352 e. The van der Waals surface area contributed by atoms with E-state index in [1.54, 1.807) is 17.9 Å². The van der Waals surface area contributed by atoms with Crippen molar-refractivity contribution in [1.29, 1.82) is 0 Å². The quantitative estimate of drug-likeness (QED) is 0.502. The number of hydrogen-bond donors (Lipinski definition) is 1. The van der Waals surface area contributed by atoms with Gasteiger partial charge in [-0.1, -0.05) is 72.4 Å². The first-order valence-electron chi connectivity index (χ1n) is 10.6. The van der Waals surface area contributed by atoms with Crippen LogP contribution in [0, 0.1) is 0 Å². The number of rotatable bonds is 9. The number of halogens is 2. The minimum absolute atomic E-state index is 0.0916. The summed E-state index contributed by atoms with van der Waals surface area (Å²) in [5, 5.41) is 4.40. The van der Waals surface area contributed by atoms with Crippen molar-refractivity contribution in [2.45, 2.75) is 57.0 Å². The summed E-state index contributed by atoms with van der Waals surface area (Å²) in [5.74, 6) is 0.694. The van der Waals surface area contributed by atoms with Gasteiger partial charge in [0, 0.05) is 28.4 Å². The maximum Gasteiger partial charge on any atom is 0.242 e. The summed E-state index contributed by atoms with van der Waals surface area (Å²) in [6, 6.07) is 14.7. The molecule has 4 nitrogen and oxygen atoms in total. The lowest BCUT2D eigenvalue weighted by Crippen LogP contribution is -2.50. The third-order valence-corrected chi connectivity index (χ3v) is 7.31. The van der Waals surface area contributed by atoms with E-state index in [0.29, 0.717) is 22.3 Å². The molecule has 0 heterocycles. The highest BCUT2D eigenvalue weighted by Crippen LogP contribution is 2.23. The first-order valence-corrected chi connectivity index (χ1v) is 12.5. The fourth-order valence-electron chi connectivity index (χ4n) is 3.73. The topological polar surface area (TPSA) is 49.4 Å². The Bertz CT molecular complexity index is 903. The van der Waals surface area contributed by atoms with Crippen molar-refractivity contribution in [1.82, 2.24) is 10.2 Å². The second-order valence-corrected chi connectivity index (χ2v) is 9.66. The van der Waals surface area contributed by atoms with E-state index in [4.69, 9.17) is 23.2 Å². The molecule has 2 aromatic rings. The fourth-order valence-corrected chi connectivity index (χ4v) is 5.12. The molecule has 0 spiro atoms. The Morgan fingerprint density at radius 1 is 1.03 bits per heavy atom. The van der Waals surface area contributed by atoms with Crippen LogP contribution in [0.2, 0.25) is 10.0 Å². The van der Waals surface area contributed by atoms with Crippen LogP contribution < -0.4 is 5.32 Å². The minimum Gasteiger partial charge on any atom is -0.352 e. The normalized spacial score (nSPS) is 14.9. The molecule has 7 heteroatoms. The molecule has 31 heavy (non-hydrogen) atoms. The van der Waals surface area contributed by atoms with Gasteiger partial charge in [-0.05, 0) is 43.0 Å². The molecular formula is C24H28Cl2N2O2S. The Morgan fingerprint density at radius 3 is 2.23 bits per heavy atom. The molecule has 3 rings (SSSR count). The summed E-state index contributed by atoms with van der Waals surface area (Å²) in [6.45, 7) is 2.09. The number of amides is 2. The van der Waals surface area contributed by atoms with Gasteiger partial charge < -0.3 is 10.2 Å². The van der Waals surface area contributed by atoms with Crippen LogP contribution in [0.5, 0.6) is 0 Å². The molecule has 0 radical (unpaired) electrons. The Kier molecular flexibility index (Phi) is 9.12. The Morgan fingerprint density at radius 2 is 1.61 bits per heavy atom. The van der Waals surface area contributed by atoms with Gasteiger partial charge in [-0.15, -0.1) is 11.8 Å². The van der Waals surface area contributed by atoms with Gasteiger partial charge in [0.25, 0.3) is 0 Å². The number of thioether (sulfide) groups is 1. The molecule has 1 atom stereocenters. The molecular weight excluding hydrogens is 451 g/mol. The van der Waals surface area contributed by atoms with Crippen LogP contribution in [-0.2, 0) is 21.9 Å². The van der Waals surface area contributed by atoms with Gasteiger partial charge in [0.2, 0.25) is 11.8 Å². The molecule has 2 aromatic carbocycles. The third-order valence-electron chi connectivity index (χ3n) is 5.61. The van der Waals surface area contributed by atoms with Gasteiger partial charge in [-0.2, -0.15) is 0 Å². The number of nitrogens with zero attached hydrogens (tertiary/aromatic N) is 1. The second-order valence-electron chi connectivity index (χ2n) is 7.86. The van der Waals surface area contributed by atoms with Crippen molar-refractivity contribution >= 4 is 46.8 Å². The van der Waals surface area contributed by atoms with E-state index in [1.807, 2.05) is 42.5 Å². The van der Waals surface area contributed by atoms with Crippen molar-refractivity contribution in [3.8, 4) is 0 Å². The highest BCUT2D eigenvalue weighted by molar-refractivity contribution is 7.99. The molecule has 1 saturated carbocycles. The van der Waals surface area contributed by atoms with E-state index in [-0.39, 0.29) is 23.6 Å². The number of nitrogens with one attached hydrogen (secondary N) is 1. The summed E-state index contributed by atoms with van der Waals surface area (Å²) in [4.78, 5) is 27.7. The van der Waals surface area contributed by atoms with Crippen molar-refractivity contribution in [2.24, 2.45) is 0 Å². The van der Waals surface area contributed by atoms with Crippen LogP contribution in [-0.4, -0.2) is 34.6 Å². The highest BCUT2D eigenvalue weighted by Gasteiger charge is 2.28. The predicted octanol–water partition coefficient (Wildman–Crippen LogP) is 5.70. The number of benzene rings is 2. The Balaban J connectivity index is 1.67. The smallest absolute Gasteiger partial charge is 0.242 e. The molecule has 0 aromatic heterocycles. The minimum atomic E-state index is -0.578.